The van der Waals surface area contributed by atoms with Crippen molar-refractivity contribution >= 4 is 9.84 Å². The van der Waals surface area contributed by atoms with Gasteiger partial charge in [-0.3, -0.25) is 5.32 Å². The fourth-order valence-corrected chi connectivity index (χ4v) is 7.29. The topological polar surface area (TPSA) is 66.4 Å². The highest BCUT2D eigenvalue weighted by atomic mass is 32.2. The zero-order valence-corrected chi connectivity index (χ0v) is 17.8. The van der Waals surface area contributed by atoms with Gasteiger partial charge in [0.05, 0.1) is 4.90 Å². The fraction of sp³-hybridized carbons (Fsp3) is 0.429. The summed E-state index contributed by atoms with van der Waals surface area (Å²) >= 11 is 0. The zero-order chi connectivity index (χ0) is 25.3. The van der Waals surface area contributed by atoms with Crippen LogP contribution < -0.4 is 5.32 Å². The van der Waals surface area contributed by atoms with Crippen molar-refractivity contribution < 1.29 is 48.6 Å². The van der Waals surface area contributed by atoms with E-state index >= 15 is 0 Å². The van der Waals surface area contributed by atoms with Gasteiger partial charge in [0.1, 0.15) is 16.8 Å². The second-order valence-corrected chi connectivity index (χ2v) is 10.6. The van der Waals surface area contributed by atoms with Crippen molar-refractivity contribution in [3.05, 3.63) is 65.0 Å². The Morgan fingerprint density at radius 3 is 2.09 bits per heavy atom. The van der Waals surface area contributed by atoms with Crippen LogP contribution in [0.15, 0.2) is 47.4 Å². The van der Waals surface area contributed by atoms with Gasteiger partial charge in [-0.05, 0) is 48.2 Å². The molecule has 186 valence electrons. The van der Waals surface area contributed by atoms with E-state index in [1.54, 1.807) is 0 Å². The number of aliphatic hydroxyl groups excluding tert-OH is 1. The Morgan fingerprint density at radius 1 is 0.941 bits per heavy atom. The van der Waals surface area contributed by atoms with Crippen LogP contribution in [0.5, 0.6) is 0 Å². The van der Waals surface area contributed by atoms with Crippen LogP contribution >= 0.6 is 0 Å². The molecule has 4 nitrogen and oxygen atoms in total. The third kappa shape index (κ3) is 3.34. The average Bonchev–Trinajstić information content (AvgIpc) is 3.09. The lowest BCUT2D eigenvalue weighted by Crippen LogP contribution is -2.51. The predicted octanol–water partition coefficient (Wildman–Crippen LogP) is 4.41. The third-order valence-electron chi connectivity index (χ3n) is 6.50. The van der Waals surface area contributed by atoms with Crippen LogP contribution in [-0.4, -0.2) is 38.1 Å². The van der Waals surface area contributed by atoms with Crippen molar-refractivity contribution in [3.8, 4) is 0 Å². The second kappa shape index (κ2) is 7.62. The molecule has 2 aromatic carbocycles. The standard InChI is InChI=1S/C21H17F8NO3S/c22-13-3-5-14(6-4-13)34(32,33)18-10-17(31)30-16(18)8-1-11-9-12(2-7-15(11)18)19(23,20(24,25)26)21(27,28)29/h2-7,9,16-17,30-31H,1,8,10H2/t16-,17?,18-/m1/s1. The molecule has 13 heteroatoms. The van der Waals surface area contributed by atoms with Crippen LogP contribution in [0.1, 0.15) is 29.5 Å². The number of fused-ring (bicyclic) bond motifs is 3. The molecule has 1 fully saturated rings. The van der Waals surface area contributed by atoms with E-state index in [4.69, 9.17) is 0 Å². The Balaban J connectivity index is 1.94. The monoisotopic (exact) mass is 515 g/mol. The van der Waals surface area contributed by atoms with Crippen molar-refractivity contribution in [2.45, 2.75) is 59.2 Å². The number of sulfone groups is 1. The van der Waals surface area contributed by atoms with E-state index in [9.17, 15) is 48.6 Å². The fourth-order valence-electron chi connectivity index (χ4n) is 4.95. The zero-order valence-electron chi connectivity index (χ0n) is 17.0. The van der Waals surface area contributed by atoms with E-state index in [-0.39, 0.29) is 34.9 Å². The molecule has 4 rings (SSSR count). The molecule has 1 aliphatic carbocycles. The summed E-state index contributed by atoms with van der Waals surface area (Å²) in [6.45, 7) is 0. The molecule has 0 radical (unpaired) electrons. The SMILES string of the molecule is O=S(=O)(c1ccc(F)cc1)[C@@]12CC(O)N[C@@H]1CCc1cc(C(F)(C(F)(F)F)C(F)(F)F)ccc12. The van der Waals surface area contributed by atoms with Crippen LogP contribution in [-0.2, 0) is 26.7 Å². The lowest BCUT2D eigenvalue weighted by atomic mass is 9.77. The summed E-state index contributed by atoms with van der Waals surface area (Å²) in [4.78, 5) is -0.350. The molecule has 3 atom stereocenters. The number of aliphatic hydroxyl groups is 1. The van der Waals surface area contributed by atoms with Gasteiger partial charge < -0.3 is 5.11 Å². The summed E-state index contributed by atoms with van der Waals surface area (Å²) < 4.78 is 133. The normalized spacial score (nSPS) is 25.7. The minimum Gasteiger partial charge on any atom is -0.379 e. The summed E-state index contributed by atoms with van der Waals surface area (Å²) in [6, 6.07) is 4.17. The highest BCUT2D eigenvalue weighted by Crippen LogP contribution is 2.55. The Morgan fingerprint density at radius 2 is 1.53 bits per heavy atom. The van der Waals surface area contributed by atoms with Gasteiger partial charge in [0.15, 0.2) is 9.84 Å². The van der Waals surface area contributed by atoms with Gasteiger partial charge in [-0.25, -0.2) is 17.2 Å². The Kier molecular flexibility index (Phi) is 5.57. The van der Waals surface area contributed by atoms with Crippen molar-refractivity contribution in [3.63, 3.8) is 0 Å². The highest BCUT2D eigenvalue weighted by molar-refractivity contribution is 7.92. The molecule has 2 aliphatic rings. The first-order valence-electron chi connectivity index (χ1n) is 9.96. The minimum atomic E-state index is -6.32. The Labute approximate surface area is 188 Å². The molecule has 2 N–H and O–H groups in total. The lowest BCUT2D eigenvalue weighted by molar-refractivity contribution is -0.348. The maximum atomic E-state index is 14.6. The maximum absolute atomic E-state index is 14.6. The van der Waals surface area contributed by atoms with Gasteiger partial charge in [0.25, 0.3) is 0 Å². The first-order chi connectivity index (χ1) is 15.6. The van der Waals surface area contributed by atoms with Crippen molar-refractivity contribution in [1.29, 1.82) is 0 Å². The Bertz CT molecular complexity index is 1200. The predicted molar refractivity (Wildman–Crippen MR) is 102 cm³/mol. The number of nitrogens with one attached hydrogen (secondary N) is 1. The molecular weight excluding hydrogens is 498 g/mol. The van der Waals surface area contributed by atoms with Crippen molar-refractivity contribution in [2.24, 2.45) is 0 Å². The molecule has 0 spiro atoms. The van der Waals surface area contributed by atoms with Crippen molar-refractivity contribution in [2.75, 3.05) is 0 Å². The van der Waals surface area contributed by atoms with Crippen LogP contribution in [0.4, 0.5) is 35.1 Å². The first-order valence-corrected chi connectivity index (χ1v) is 11.4. The highest BCUT2D eigenvalue weighted by Gasteiger charge is 2.73. The quantitative estimate of drug-likeness (QED) is 0.470. The molecule has 1 saturated heterocycles. The van der Waals surface area contributed by atoms with E-state index in [1.807, 2.05) is 0 Å². The maximum Gasteiger partial charge on any atom is 0.435 e. The van der Waals surface area contributed by atoms with Crippen LogP contribution in [0.25, 0.3) is 0 Å². The van der Waals surface area contributed by atoms with E-state index in [0.29, 0.717) is 6.07 Å². The minimum absolute atomic E-state index is 0.0781. The number of benzene rings is 2. The number of alkyl halides is 7. The van der Waals surface area contributed by atoms with Crippen LogP contribution in [0, 0.1) is 5.82 Å². The Hall–Kier alpha value is -2.25. The molecule has 0 amide bonds. The molecule has 0 aromatic heterocycles. The van der Waals surface area contributed by atoms with E-state index < -0.39 is 62.7 Å². The number of halogens is 8. The lowest BCUT2D eigenvalue weighted by Gasteiger charge is -2.40. The summed E-state index contributed by atoms with van der Waals surface area (Å²) in [6.07, 6.45) is -14.7. The number of rotatable bonds is 3. The van der Waals surface area contributed by atoms with Gasteiger partial charge in [0.2, 0.25) is 0 Å². The van der Waals surface area contributed by atoms with Gasteiger partial charge in [0, 0.05) is 18.0 Å². The molecule has 1 aliphatic heterocycles. The summed E-state index contributed by atoms with van der Waals surface area (Å²) in [5.74, 6) is -0.732. The number of aryl methyl sites for hydroxylation is 1. The molecule has 2 aromatic rings. The average molecular weight is 515 g/mol. The van der Waals surface area contributed by atoms with Gasteiger partial charge in [-0.2, -0.15) is 26.3 Å². The van der Waals surface area contributed by atoms with Gasteiger partial charge >= 0.3 is 18.0 Å². The van der Waals surface area contributed by atoms with Gasteiger partial charge in [-0.15, -0.1) is 0 Å². The van der Waals surface area contributed by atoms with Crippen molar-refractivity contribution in [1.82, 2.24) is 5.32 Å². The smallest absolute Gasteiger partial charge is 0.379 e. The van der Waals surface area contributed by atoms with E-state index in [2.05, 4.69) is 5.32 Å². The summed E-state index contributed by atoms with van der Waals surface area (Å²) in [5, 5.41) is 12.9. The molecular formula is C21H17F8NO3S. The summed E-state index contributed by atoms with van der Waals surface area (Å²) in [5.41, 5.74) is -7.74. The summed E-state index contributed by atoms with van der Waals surface area (Å²) in [7, 11) is -4.46. The molecule has 1 unspecified atom stereocenters. The molecule has 0 bridgehead atoms. The van der Waals surface area contributed by atoms with Crippen LogP contribution in [0.2, 0.25) is 0 Å². The molecule has 1 heterocycles. The van der Waals surface area contributed by atoms with E-state index in [0.717, 1.165) is 30.3 Å². The van der Waals surface area contributed by atoms with Gasteiger partial charge in [-0.1, -0.05) is 18.2 Å². The van der Waals surface area contributed by atoms with E-state index in [1.165, 1.54) is 0 Å². The number of hydrogen-bond donors (Lipinski definition) is 2. The molecule has 0 saturated carbocycles. The van der Waals surface area contributed by atoms with Crippen LogP contribution in [0.3, 0.4) is 0 Å². The third-order valence-corrected chi connectivity index (χ3v) is 9.02. The number of hydrogen-bond acceptors (Lipinski definition) is 4. The first kappa shape index (κ1) is 24.9. The second-order valence-electron chi connectivity index (χ2n) is 8.35. The largest absolute Gasteiger partial charge is 0.435 e. The molecule has 34 heavy (non-hydrogen) atoms.